The van der Waals surface area contributed by atoms with Gasteiger partial charge >= 0.3 is 0 Å². The summed E-state index contributed by atoms with van der Waals surface area (Å²) < 4.78 is 0. The third-order valence-corrected chi connectivity index (χ3v) is 6.37. The van der Waals surface area contributed by atoms with Crippen molar-refractivity contribution in [3.05, 3.63) is 41.5 Å². The Kier molecular flexibility index (Phi) is 4.24. The monoisotopic (exact) mass is 323 g/mol. The molecule has 0 aromatic heterocycles. The van der Waals surface area contributed by atoms with Crippen LogP contribution in [0.3, 0.4) is 0 Å². The van der Waals surface area contributed by atoms with Gasteiger partial charge < -0.3 is 5.32 Å². The highest BCUT2D eigenvalue weighted by Crippen LogP contribution is 2.53. The Bertz CT molecular complexity index is 600. The Morgan fingerprint density at radius 1 is 1.00 bits per heavy atom. The zero-order chi connectivity index (χ0) is 16.7. The van der Waals surface area contributed by atoms with Gasteiger partial charge in [-0.2, -0.15) is 0 Å². The van der Waals surface area contributed by atoms with Gasteiger partial charge in [-0.15, -0.1) is 0 Å². The quantitative estimate of drug-likeness (QED) is 0.838. The highest BCUT2D eigenvalue weighted by molar-refractivity contribution is 5.94. The molecule has 0 atom stereocenters. The summed E-state index contributed by atoms with van der Waals surface area (Å²) in [5.41, 5.74) is 1.96. The lowest BCUT2D eigenvalue weighted by molar-refractivity contribution is -0.0119. The number of hydrogen-bond donors (Lipinski definition) is 1. The summed E-state index contributed by atoms with van der Waals surface area (Å²) in [5, 5.41) is 3.39. The standard InChI is InChI=1S/C22H29NO/c1-14(2)3-4-15-5-7-18(8-6-15)22(24)23-21-19-10-16-9-17(12-19)13-20(21)11-16/h3-8,14,16-17,19-21H,9-13H2,1-2H3,(H,23,24). The van der Waals surface area contributed by atoms with E-state index in [-0.39, 0.29) is 5.91 Å². The van der Waals surface area contributed by atoms with E-state index >= 15 is 0 Å². The lowest BCUT2D eigenvalue weighted by Crippen LogP contribution is -2.55. The fraction of sp³-hybridized carbons (Fsp3) is 0.591. The Morgan fingerprint density at radius 3 is 2.12 bits per heavy atom. The van der Waals surface area contributed by atoms with E-state index in [1.165, 1.54) is 32.1 Å². The lowest BCUT2D eigenvalue weighted by atomic mass is 9.54. The van der Waals surface area contributed by atoms with Crippen LogP contribution >= 0.6 is 0 Å². The van der Waals surface area contributed by atoms with Crippen molar-refractivity contribution in [1.29, 1.82) is 0 Å². The van der Waals surface area contributed by atoms with Crippen LogP contribution in [-0.2, 0) is 0 Å². The van der Waals surface area contributed by atoms with Crippen molar-refractivity contribution in [2.45, 2.75) is 52.0 Å². The Labute approximate surface area is 145 Å². The van der Waals surface area contributed by atoms with Gasteiger partial charge in [0.15, 0.2) is 0 Å². The first-order chi connectivity index (χ1) is 11.6. The van der Waals surface area contributed by atoms with Gasteiger partial charge in [0.05, 0.1) is 0 Å². The topological polar surface area (TPSA) is 29.1 Å². The van der Waals surface area contributed by atoms with E-state index < -0.39 is 0 Å². The van der Waals surface area contributed by atoms with Crippen LogP contribution in [0.1, 0.15) is 61.9 Å². The average molecular weight is 323 g/mol. The predicted molar refractivity (Wildman–Crippen MR) is 98.6 cm³/mol. The van der Waals surface area contributed by atoms with E-state index in [0.29, 0.717) is 12.0 Å². The Hall–Kier alpha value is -1.57. The maximum absolute atomic E-state index is 12.7. The van der Waals surface area contributed by atoms with Crippen molar-refractivity contribution in [2.24, 2.45) is 29.6 Å². The Balaban J connectivity index is 1.41. The molecule has 1 aromatic rings. The smallest absolute Gasteiger partial charge is 0.251 e. The Morgan fingerprint density at radius 2 is 1.58 bits per heavy atom. The van der Waals surface area contributed by atoms with Crippen molar-refractivity contribution >= 4 is 12.0 Å². The second-order valence-electron chi connectivity index (χ2n) is 8.66. The SMILES string of the molecule is CC(C)C=Cc1ccc(C(=O)NC2C3CC4CC(C3)CC2C4)cc1. The van der Waals surface area contributed by atoms with Crippen LogP contribution in [0.15, 0.2) is 30.3 Å². The van der Waals surface area contributed by atoms with E-state index in [0.717, 1.165) is 34.8 Å². The normalized spacial score (nSPS) is 34.2. The number of carbonyl (C=O) groups is 1. The molecule has 128 valence electrons. The molecule has 2 heteroatoms. The van der Waals surface area contributed by atoms with Crippen LogP contribution in [0.2, 0.25) is 0 Å². The molecule has 5 rings (SSSR count). The van der Waals surface area contributed by atoms with Gasteiger partial charge in [0.2, 0.25) is 0 Å². The molecule has 4 aliphatic rings. The van der Waals surface area contributed by atoms with E-state index in [9.17, 15) is 4.79 Å². The minimum atomic E-state index is 0.117. The minimum absolute atomic E-state index is 0.117. The number of rotatable bonds is 4. The van der Waals surface area contributed by atoms with E-state index in [2.05, 4.69) is 31.3 Å². The van der Waals surface area contributed by atoms with Crippen molar-refractivity contribution in [3.8, 4) is 0 Å². The van der Waals surface area contributed by atoms with Crippen molar-refractivity contribution in [1.82, 2.24) is 5.32 Å². The number of carbonyl (C=O) groups excluding carboxylic acids is 1. The molecule has 0 saturated heterocycles. The summed E-state index contributed by atoms with van der Waals surface area (Å²) in [6, 6.07) is 8.44. The molecule has 1 aromatic carbocycles. The maximum atomic E-state index is 12.7. The molecular weight excluding hydrogens is 294 g/mol. The molecule has 1 amide bonds. The highest BCUT2D eigenvalue weighted by Gasteiger charge is 2.48. The molecule has 0 spiro atoms. The molecule has 4 aliphatic carbocycles. The number of amides is 1. The molecule has 0 unspecified atom stereocenters. The van der Waals surface area contributed by atoms with Crippen LogP contribution in [-0.4, -0.2) is 11.9 Å². The lowest BCUT2D eigenvalue weighted by Gasteiger charge is -2.54. The van der Waals surface area contributed by atoms with Crippen LogP contribution in [0.5, 0.6) is 0 Å². The van der Waals surface area contributed by atoms with Gasteiger partial charge in [-0.1, -0.05) is 38.1 Å². The molecule has 4 fully saturated rings. The fourth-order valence-corrected chi connectivity index (χ4v) is 5.44. The summed E-state index contributed by atoms with van der Waals surface area (Å²) in [7, 11) is 0. The third kappa shape index (κ3) is 3.16. The summed E-state index contributed by atoms with van der Waals surface area (Å²) >= 11 is 0. The summed E-state index contributed by atoms with van der Waals surface area (Å²) in [6.07, 6.45) is 11.1. The fourth-order valence-electron chi connectivity index (χ4n) is 5.44. The number of benzene rings is 1. The molecule has 0 heterocycles. The van der Waals surface area contributed by atoms with E-state index in [4.69, 9.17) is 0 Å². The van der Waals surface area contributed by atoms with Gasteiger partial charge in [0.1, 0.15) is 0 Å². The first kappa shape index (κ1) is 15.9. The summed E-state index contributed by atoms with van der Waals surface area (Å²) in [6.45, 7) is 4.34. The second-order valence-corrected chi connectivity index (χ2v) is 8.66. The second kappa shape index (κ2) is 6.38. The van der Waals surface area contributed by atoms with Crippen molar-refractivity contribution in [3.63, 3.8) is 0 Å². The van der Waals surface area contributed by atoms with E-state index in [1.54, 1.807) is 0 Å². The van der Waals surface area contributed by atoms with Gasteiger partial charge in [-0.05, 0) is 79.4 Å². The molecular formula is C22H29NO. The van der Waals surface area contributed by atoms with Gasteiger partial charge in [-0.25, -0.2) is 0 Å². The maximum Gasteiger partial charge on any atom is 0.251 e. The molecule has 1 N–H and O–H groups in total. The zero-order valence-corrected chi connectivity index (χ0v) is 14.9. The highest BCUT2D eigenvalue weighted by atomic mass is 16.1. The first-order valence-corrected chi connectivity index (χ1v) is 9.67. The molecule has 24 heavy (non-hydrogen) atoms. The summed E-state index contributed by atoms with van der Waals surface area (Å²) in [5.74, 6) is 4.04. The average Bonchev–Trinajstić information content (AvgIpc) is 2.56. The molecule has 2 nitrogen and oxygen atoms in total. The van der Waals surface area contributed by atoms with E-state index in [1.807, 2.05) is 24.3 Å². The van der Waals surface area contributed by atoms with Gasteiger partial charge in [-0.3, -0.25) is 4.79 Å². The minimum Gasteiger partial charge on any atom is -0.349 e. The van der Waals surface area contributed by atoms with Crippen LogP contribution in [0.25, 0.3) is 6.08 Å². The largest absolute Gasteiger partial charge is 0.349 e. The van der Waals surface area contributed by atoms with Crippen molar-refractivity contribution in [2.75, 3.05) is 0 Å². The number of nitrogens with one attached hydrogen (secondary N) is 1. The number of hydrogen-bond acceptors (Lipinski definition) is 1. The molecule has 4 bridgehead atoms. The molecule has 0 aliphatic heterocycles. The molecule has 4 saturated carbocycles. The third-order valence-electron chi connectivity index (χ3n) is 6.37. The summed E-state index contributed by atoms with van der Waals surface area (Å²) in [4.78, 5) is 12.7. The zero-order valence-electron chi connectivity index (χ0n) is 14.9. The van der Waals surface area contributed by atoms with Crippen molar-refractivity contribution < 1.29 is 4.79 Å². The molecule has 0 radical (unpaired) electrons. The van der Waals surface area contributed by atoms with Gasteiger partial charge in [0, 0.05) is 11.6 Å². The predicted octanol–water partition coefficient (Wildman–Crippen LogP) is 4.91. The first-order valence-electron chi connectivity index (χ1n) is 9.67. The number of allylic oxidation sites excluding steroid dienone is 1. The van der Waals surface area contributed by atoms with Gasteiger partial charge in [0.25, 0.3) is 5.91 Å². The van der Waals surface area contributed by atoms with Crippen LogP contribution < -0.4 is 5.32 Å². The van der Waals surface area contributed by atoms with Crippen LogP contribution in [0, 0.1) is 29.6 Å². The van der Waals surface area contributed by atoms with Crippen LogP contribution in [0.4, 0.5) is 0 Å².